The summed E-state index contributed by atoms with van der Waals surface area (Å²) in [5.41, 5.74) is 3.90. The minimum Gasteiger partial charge on any atom is -0.352 e. The molecule has 2 N–H and O–H groups in total. The number of aryl methyl sites for hydroxylation is 1. The van der Waals surface area contributed by atoms with Crippen LogP contribution in [0.3, 0.4) is 0 Å². The number of carbonyl (C=O) groups excluding carboxylic acids is 2. The molecular weight excluding hydrogens is 352 g/mol. The molecule has 0 saturated carbocycles. The van der Waals surface area contributed by atoms with Crippen LogP contribution in [0.4, 0.5) is 5.82 Å². The van der Waals surface area contributed by atoms with Gasteiger partial charge in [0.1, 0.15) is 5.82 Å². The average molecular weight is 376 g/mol. The largest absolute Gasteiger partial charge is 0.352 e. The number of carbonyl (C=O) groups is 2. The summed E-state index contributed by atoms with van der Waals surface area (Å²) in [5, 5.41) is 9.96. The lowest BCUT2D eigenvalue weighted by atomic mass is 10.1. The van der Waals surface area contributed by atoms with Gasteiger partial charge in [-0.05, 0) is 35.2 Å². The van der Waals surface area contributed by atoms with Crippen LogP contribution < -0.4 is 10.6 Å². The lowest BCUT2D eigenvalue weighted by Crippen LogP contribution is -2.19. The van der Waals surface area contributed by atoms with Gasteiger partial charge in [0.2, 0.25) is 5.91 Å². The SMILES string of the molecule is CCc1ccc(Cn2nccc2NC(=O)c2ccc(CNC(C)=O)cc2)cc1. The van der Waals surface area contributed by atoms with Crippen LogP contribution in [0.1, 0.15) is 40.9 Å². The van der Waals surface area contributed by atoms with Crippen molar-refractivity contribution in [2.75, 3.05) is 5.32 Å². The molecule has 6 heteroatoms. The Morgan fingerprint density at radius 2 is 1.57 bits per heavy atom. The summed E-state index contributed by atoms with van der Waals surface area (Å²) in [6.45, 7) is 4.63. The van der Waals surface area contributed by atoms with Gasteiger partial charge in [0.15, 0.2) is 0 Å². The molecule has 1 heterocycles. The first-order chi connectivity index (χ1) is 13.5. The van der Waals surface area contributed by atoms with Crippen molar-refractivity contribution in [2.24, 2.45) is 0 Å². The van der Waals surface area contributed by atoms with E-state index in [4.69, 9.17) is 0 Å². The molecule has 144 valence electrons. The van der Waals surface area contributed by atoms with Gasteiger partial charge in [0.05, 0.1) is 12.7 Å². The second-order valence-corrected chi connectivity index (χ2v) is 6.60. The summed E-state index contributed by atoms with van der Waals surface area (Å²) in [6, 6.07) is 17.3. The van der Waals surface area contributed by atoms with E-state index < -0.39 is 0 Å². The Morgan fingerprint density at radius 1 is 0.929 bits per heavy atom. The smallest absolute Gasteiger partial charge is 0.256 e. The predicted octanol–water partition coefficient (Wildman–Crippen LogP) is 3.38. The van der Waals surface area contributed by atoms with Crippen LogP contribution in [0.25, 0.3) is 0 Å². The van der Waals surface area contributed by atoms with Crippen molar-refractivity contribution in [1.29, 1.82) is 0 Å². The van der Waals surface area contributed by atoms with Gasteiger partial charge >= 0.3 is 0 Å². The van der Waals surface area contributed by atoms with Crippen LogP contribution in [-0.4, -0.2) is 21.6 Å². The summed E-state index contributed by atoms with van der Waals surface area (Å²) in [5.74, 6) is 0.362. The topological polar surface area (TPSA) is 76.0 Å². The van der Waals surface area contributed by atoms with Crippen molar-refractivity contribution in [1.82, 2.24) is 15.1 Å². The Balaban J connectivity index is 1.64. The number of anilines is 1. The molecule has 0 saturated heterocycles. The molecule has 0 spiro atoms. The van der Waals surface area contributed by atoms with Crippen LogP contribution in [-0.2, 0) is 24.3 Å². The Labute approximate surface area is 164 Å². The summed E-state index contributed by atoms with van der Waals surface area (Å²) < 4.78 is 1.77. The van der Waals surface area contributed by atoms with Gasteiger partial charge in [-0.3, -0.25) is 9.59 Å². The minimum atomic E-state index is -0.200. The highest BCUT2D eigenvalue weighted by atomic mass is 16.2. The molecule has 0 fully saturated rings. The number of hydrogen-bond acceptors (Lipinski definition) is 3. The number of rotatable bonds is 7. The van der Waals surface area contributed by atoms with Crippen molar-refractivity contribution >= 4 is 17.6 Å². The quantitative estimate of drug-likeness (QED) is 0.664. The fourth-order valence-corrected chi connectivity index (χ4v) is 2.81. The van der Waals surface area contributed by atoms with E-state index >= 15 is 0 Å². The molecule has 0 aliphatic rings. The molecule has 0 atom stereocenters. The molecule has 1 aromatic heterocycles. The van der Waals surface area contributed by atoms with Crippen LogP contribution in [0.15, 0.2) is 60.8 Å². The van der Waals surface area contributed by atoms with E-state index in [1.54, 1.807) is 29.1 Å². The number of nitrogens with zero attached hydrogens (tertiary/aromatic N) is 2. The molecule has 28 heavy (non-hydrogen) atoms. The molecule has 6 nitrogen and oxygen atoms in total. The average Bonchev–Trinajstić information content (AvgIpc) is 3.13. The zero-order valence-electron chi connectivity index (χ0n) is 16.1. The van der Waals surface area contributed by atoms with Gasteiger partial charge in [-0.15, -0.1) is 0 Å². The first kappa shape index (κ1) is 19.4. The molecule has 2 amide bonds. The van der Waals surface area contributed by atoms with Crippen LogP contribution in [0, 0.1) is 0 Å². The second-order valence-electron chi connectivity index (χ2n) is 6.60. The molecule has 0 bridgehead atoms. The lowest BCUT2D eigenvalue weighted by molar-refractivity contribution is -0.119. The number of aromatic nitrogens is 2. The van der Waals surface area contributed by atoms with Gasteiger partial charge in [-0.25, -0.2) is 4.68 Å². The number of benzene rings is 2. The Hall–Kier alpha value is -3.41. The molecule has 3 rings (SSSR count). The molecule has 0 unspecified atom stereocenters. The monoisotopic (exact) mass is 376 g/mol. The van der Waals surface area contributed by atoms with E-state index in [1.165, 1.54) is 12.5 Å². The molecular formula is C22H24N4O2. The highest BCUT2D eigenvalue weighted by Gasteiger charge is 2.10. The third kappa shape index (κ3) is 5.07. The van der Waals surface area contributed by atoms with Crippen molar-refractivity contribution in [2.45, 2.75) is 33.4 Å². The summed E-state index contributed by atoms with van der Waals surface area (Å²) in [4.78, 5) is 23.5. The van der Waals surface area contributed by atoms with Gasteiger partial charge in [-0.1, -0.05) is 43.3 Å². The molecule has 3 aromatic rings. The van der Waals surface area contributed by atoms with Crippen LogP contribution in [0.2, 0.25) is 0 Å². The van der Waals surface area contributed by atoms with Gasteiger partial charge in [-0.2, -0.15) is 5.10 Å². The zero-order chi connectivity index (χ0) is 19.9. The third-order valence-corrected chi connectivity index (χ3v) is 4.48. The lowest BCUT2D eigenvalue weighted by Gasteiger charge is -2.10. The molecule has 0 aliphatic heterocycles. The maximum atomic E-state index is 12.6. The van der Waals surface area contributed by atoms with E-state index in [9.17, 15) is 9.59 Å². The second kappa shape index (κ2) is 8.99. The van der Waals surface area contributed by atoms with Gasteiger partial charge < -0.3 is 10.6 Å². The number of hydrogen-bond donors (Lipinski definition) is 2. The van der Waals surface area contributed by atoms with Gasteiger partial charge in [0, 0.05) is 25.1 Å². The normalized spacial score (nSPS) is 10.5. The van der Waals surface area contributed by atoms with E-state index in [1.807, 2.05) is 12.1 Å². The van der Waals surface area contributed by atoms with Crippen LogP contribution >= 0.6 is 0 Å². The van der Waals surface area contributed by atoms with Crippen molar-refractivity contribution < 1.29 is 9.59 Å². The maximum absolute atomic E-state index is 12.6. The fraction of sp³-hybridized carbons (Fsp3) is 0.227. The van der Waals surface area contributed by atoms with Crippen molar-refractivity contribution in [3.05, 3.63) is 83.0 Å². The summed E-state index contributed by atoms with van der Waals surface area (Å²) in [6.07, 6.45) is 2.68. The maximum Gasteiger partial charge on any atom is 0.256 e. The van der Waals surface area contributed by atoms with Crippen LogP contribution in [0.5, 0.6) is 0 Å². The Kier molecular flexibility index (Phi) is 6.22. The van der Waals surface area contributed by atoms with Gasteiger partial charge in [0.25, 0.3) is 5.91 Å². The van der Waals surface area contributed by atoms with E-state index in [0.29, 0.717) is 24.5 Å². The standard InChI is InChI=1S/C22H24N4O2/c1-3-17-4-6-19(7-5-17)15-26-21(12-13-24-26)25-22(28)20-10-8-18(9-11-20)14-23-16(2)27/h4-13H,3,14-15H2,1-2H3,(H,23,27)(H,25,28). The molecule has 0 radical (unpaired) electrons. The number of nitrogens with one attached hydrogen (secondary N) is 2. The molecule has 0 aliphatic carbocycles. The zero-order valence-corrected chi connectivity index (χ0v) is 16.1. The first-order valence-electron chi connectivity index (χ1n) is 9.29. The Bertz CT molecular complexity index is 943. The Morgan fingerprint density at radius 3 is 2.21 bits per heavy atom. The first-order valence-corrected chi connectivity index (χ1v) is 9.29. The minimum absolute atomic E-state index is 0.0839. The van der Waals surface area contributed by atoms with E-state index in [0.717, 1.165) is 17.5 Å². The fourth-order valence-electron chi connectivity index (χ4n) is 2.81. The highest BCUT2D eigenvalue weighted by Crippen LogP contribution is 2.13. The van der Waals surface area contributed by atoms with Crippen molar-refractivity contribution in [3.63, 3.8) is 0 Å². The summed E-state index contributed by atoms with van der Waals surface area (Å²) >= 11 is 0. The number of amides is 2. The van der Waals surface area contributed by atoms with E-state index in [2.05, 4.69) is 46.9 Å². The summed E-state index contributed by atoms with van der Waals surface area (Å²) in [7, 11) is 0. The van der Waals surface area contributed by atoms with Crippen molar-refractivity contribution in [3.8, 4) is 0 Å². The highest BCUT2D eigenvalue weighted by molar-refractivity contribution is 6.03. The predicted molar refractivity (Wildman–Crippen MR) is 109 cm³/mol. The molecule has 2 aromatic carbocycles. The third-order valence-electron chi connectivity index (χ3n) is 4.48. The van der Waals surface area contributed by atoms with E-state index in [-0.39, 0.29) is 11.8 Å².